The van der Waals surface area contributed by atoms with Crippen LogP contribution in [-0.4, -0.2) is 24.7 Å². The van der Waals surface area contributed by atoms with Gasteiger partial charge in [0.1, 0.15) is 6.10 Å². The Morgan fingerprint density at radius 1 is 1.33 bits per heavy atom. The van der Waals surface area contributed by atoms with Gasteiger partial charge in [0, 0.05) is 12.6 Å². The lowest BCUT2D eigenvalue weighted by Crippen LogP contribution is -2.41. The van der Waals surface area contributed by atoms with Gasteiger partial charge in [-0.25, -0.2) is 0 Å². The Bertz CT molecular complexity index is 390. The van der Waals surface area contributed by atoms with Crippen molar-refractivity contribution in [1.82, 2.24) is 5.32 Å². The van der Waals surface area contributed by atoms with E-state index in [1.807, 2.05) is 26.0 Å². The summed E-state index contributed by atoms with van der Waals surface area (Å²) >= 11 is 0. The first-order valence-corrected chi connectivity index (χ1v) is 6.51. The largest absolute Gasteiger partial charge is 0.369 e. The van der Waals surface area contributed by atoms with Gasteiger partial charge in [0.2, 0.25) is 5.91 Å². The second-order valence-electron chi connectivity index (χ2n) is 4.64. The number of benzene rings is 1. The Balaban J connectivity index is 2.49. The van der Waals surface area contributed by atoms with E-state index in [1.54, 1.807) is 6.92 Å². The van der Waals surface area contributed by atoms with Gasteiger partial charge in [-0.2, -0.15) is 0 Å². The van der Waals surface area contributed by atoms with Crippen LogP contribution < -0.4 is 5.32 Å². The second-order valence-corrected chi connectivity index (χ2v) is 4.64. The van der Waals surface area contributed by atoms with E-state index in [0.29, 0.717) is 6.61 Å². The van der Waals surface area contributed by atoms with Crippen molar-refractivity contribution in [3.8, 4) is 0 Å². The molecule has 0 unspecified atom stereocenters. The van der Waals surface area contributed by atoms with E-state index < -0.39 is 0 Å². The normalized spacial score (nSPS) is 14.0. The van der Waals surface area contributed by atoms with Crippen LogP contribution in [0.25, 0.3) is 0 Å². The van der Waals surface area contributed by atoms with Gasteiger partial charge in [0.05, 0.1) is 0 Å². The van der Waals surface area contributed by atoms with E-state index in [-0.39, 0.29) is 18.1 Å². The molecule has 1 amide bonds. The third-order valence-corrected chi connectivity index (χ3v) is 2.96. The number of amides is 1. The molecule has 3 heteroatoms. The number of nitrogens with one attached hydrogen (secondary N) is 1. The number of carbonyl (C=O) groups excluding carboxylic acids is 1. The fourth-order valence-electron chi connectivity index (χ4n) is 1.91. The van der Waals surface area contributed by atoms with Gasteiger partial charge >= 0.3 is 0 Å². The molecule has 0 aliphatic carbocycles. The van der Waals surface area contributed by atoms with Crippen molar-refractivity contribution in [3.63, 3.8) is 0 Å². The van der Waals surface area contributed by atoms with Crippen molar-refractivity contribution >= 4 is 5.91 Å². The lowest BCUT2D eigenvalue weighted by molar-refractivity contribution is -0.132. The van der Waals surface area contributed by atoms with Crippen LogP contribution in [0.1, 0.15) is 31.9 Å². The van der Waals surface area contributed by atoms with E-state index in [0.717, 1.165) is 6.42 Å². The first kappa shape index (κ1) is 14.7. The van der Waals surface area contributed by atoms with Crippen molar-refractivity contribution in [1.29, 1.82) is 0 Å². The van der Waals surface area contributed by atoms with Crippen molar-refractivity contribution in [2.24, 2.45) is 0 Å². The molecule has 0 bridgehead atoms. The standard InChI is InChI=1S/C15H23NO2/c1-5-18-13(4)15(17)16-12(3)10-14-9-7-6-8-11(14)2/h6-9,12-13H,5,10H2,1-4H3,(H,16,17)/t12-,13-/m1/s1. The molecule has 0 radical (unpaired) electrons. The number of rotatable bonds is 6. The molecule has 1 N–H and O–H groups in total. The first-order valence-electron chi connectivity index (χ1n) is 6.51. The van der Waals surface area contributed by atoms with Gasteiger partial charge in [0.25, 0.3) is 0 Å². The lowest BCUT2D eigenvalue weighted by atomic mass is 10.0. The predicted octanol–water partition coefficient (Wildman–Crippen LogP) is 2.47. The minimum absolute atomic E-state index is 0.0436. The minimum atomic E-state index is -0.380. The summed E-state index contributed by atoms with van der Waals surface area (Å²) < 4.78 is 5.27. The van der Waals surface area contributed by atoms with Gasteiger partial charge in [-0.3, -0.25) is 4.79 Å². The SMILES string of the molecule is CCO[C@H](C)C(=O)N[C@H](C)Cc1ccccc1C. The van der Waals surface area contributed by atoms with Crippen LogP contribution in [0, 0.1) is 6.92 Å². The van der Waals surface area contributed by atoms with Gasteiger partial charge in [-0.15, -0.1) is 0 Å². The van der Waals surface area contributed by atoms with E-state index in [1.165, 1.54) is 11.1 Å². The molecule has 0 aliphatic heterocycles. The highest BCUT2D eigenvalue weighted by Crippen LogP contribution is 2.09. The summed E-state index contributed by atoms with van der Waals surface area (Å²) in [7, 11) is 0. The van der Waals surface area contributed by atoms with Crippen molar-refractivity contribution in [3.05, 3.63) is 35.4 Å². The van der Waals surface area contributed by atoms with Crippen LogP contribution in [0.5, 0.6) is 0 Å². The summed E-state index contributed by atoms with van der Waals surface area (Å²) in [6, 6.07) is 8.36. The number of hydrogen-bond donors (Lipinski definition) is 1. The van der Waals surface area contributed by atoms with Gasteiger partial charge in [-0.05, 0) is 45.2 Å². The van der Waals surface area contributed by atoms with Crippen molar-refractivity contribution in [2.75, 3.05) is 6.61 Å². The molecule has 0 spiro atoms. The lowest BCUT2D eigenvalue weighted by Gasteiger charge is -2.18. The van der Waals surface area contributed by atoms with E-state index in [4.69, 9.17) is 4.74 Å². The highest BCUT2D eigenvalue weighted by molar-refractivity contribution is 5.80. The third kappa shape index (κ3) is 4.49. The van der Waals surface area contributed by atoms with E-state index in [2.05, 4.69) is 24.4 Å². The van der Waals surface area contributed by atoms with Gasteiger partial charge < -0.3 is 10.1 Å². The first-order chi connectivity index (χ1) is 8.54. The molecule has 0 heterocycles. The molecule has 0 saturated carbocycles. The molecule has 1 rings (SSSR count). The maximum Gasteiger partial charge on any atom is 0.249 e. The summed E-state index contributed by atoms with van der Waals surface area (Å²) in [5.41, 5.74) is 2.53. The van der Waals surface area contributed by atoms with Crippen LogP contribution in [0.2, 0.25) is 0 Å². The Morgan fingerprint density at radius 2 is 2.00 bits per heavy atom. The monoisotopic (exact) mass is 249 g/mol. The van der Waals surface area contributed by atoms with Crippen LogP contribution in [0.15, 0.2) is 24.3 Å². The molecule has 0 saturated heterocycles. The Morgan fingerprint density at radius 3 is 2.61 bits per heavy atom. The highest BCUT2D eigenvalue weighted by atomic mass is 16.5. The van der Waals surface area contributed by atoms with Gasteiger partial charge in [0.15, 0.2) is 0 Å². The highest BCUT2D eigenvalue weighted by Gasteiger charge is 2.15. The van der Waals surface area contributed by atoms with Crippen molar-refractivity contribution < 1.29 is 9.53 Å². The Labute approximate surface area is 110 Å². The molecule has 1 aromatic carbocycles. The van der Waals surface area contributed by atoms with Crippen LogP contribution in [-0.2, 0) is 16.0 Å². The molecule has 0 fully saturated rings. The number of aryl methyl sites for hydroxylation is 1. The zero-order valence-electron chi connectivity index (χ0n) is 11.7. The van der Waals surface area contributed by atoms with E-state index in [9.17, 15) is 4.79 Å². The van der Waals surface area contributed by atoms with Crippen molar-refractivity contribution in [2.45, 2.75) is 46.3 Å². The zero-order valence-corrected chi connectivity index (χ0v) is 11.7. The molecule has 0 aromatic heterocycles. The minimum Gasteiger partial charge on any atom is -0.369 e. The average Bonchev–Trinajstić information content (AvgIpc) is 2.32. The van der Waals surface area contributed by atoms with Crippen LogP contribution >= 0.6 is 0 Å². The maximum atomic E-state index is 11.8. The predicted molar refractivity (Wildman–Crippen MR) is 73.6 cm³/mol. The maximum absolute atomic E-state index is 11.8. The number of carbonyl (C=O) groups is 1. The summed E-state index contributed by atoms with van der Waals surface area (Å²) in [6.07, 6.45) is 0.464. The molecule has 0 aliphatic rings. The molecule has 2 atom stereocenters. The molecule has 100 valence electrons. The van der Waals surface area contributed by atoms with Crippen LogP contribution in [0.4, 0.5) is 0 Å². The molecular weight excluding hydrogens is 226 g/mol. The molecule has 1 aromatic rings. The molecular formula is C15H23NO2. The number of hydrogen-bond acceptors (Lipinski definition) is 2. The topological polar surface area (TPSA) is 38.3 Å². The zero-order chi connectivity index (χ0) is 13.5. The second kappa shape index (κ2) is 7.17. The Hall–Kier alpha value is -1.35. The molecule has 18 heavy (non-hydrogen) atoms. The summed E-state index contributed by atoms with van der Waals surface area (Å²) in [5.74, 6) is -0.0436. The van der Waals surface area contributed by atoms with Crippen LogP contribution in [0.3, 0.4) is 0 Å². The average molecular weight is 249 g/mol. The van der Waals surface area contributed by atoms with Gasteiger partial charge in [-0.1, -0.05) is 24.3 Å². The smallest absolute Gasteiger partial charge is 0.249 e. The Kier molecular flexibility index (Phi) is 5.86. The van der Waals surface area contributed by atoms with E-state index >= 15 is 0 Å². The summed E-state index contributed by atoms with van der Waals surface area (Å²) in [5, 5.41) is 2.98. The summed E-state index contributed by atoms with van der Waals surface area (Å²) in [4.78, 5) is 11.8. The third-order valence-electron chi connectivity index (χ3n) is 2.96. The summed E-state index contributed by atoms with van der Waals surface area (Å²) in [6.45, 7) is 8.33. The fourth-order valence-corrected chi connectivity index (χ4v) is 1.91. The molecule has 3 nitrogen and oxygen atoms in total. The number of ether oxygens (including phenoxy) is 1. The quantitative estimate of drug-likeness (QED) is 0.841. The fraction of sp³-hybridized carbons (Fsp3) is 0.533.